The smallest absolute Gasteiger partial charge is 0.264 e. The zero-order chi connectivity index (χ0) is 33.3. The molecule has 3 aromatic carbocycles. The van der Waals surface area contributed by atoms with Gasteiger partial charge in [0.05, 0.1) is 16.1 Å². The van der Waals surface area contributed by atoms with Gasteiger partial charge in [-0.05, 0) is 43.0 Å². The van der Waals surface area contributed by atoms with E-state index in [1.54, 1.807) is 86.6 Å². The molecule has 11 heteroatoms. The molecule has 0 bridgehead atoms. The molecule has 5 rings (SSSR count). The predicted octanol–water partition coefficient (Wildman–Crippen LogP) is 4.39. The van der Waals surface area contributed by atoms with Crippen LogP contribution in [0.25, 0.3) is 5.70 Å². The molecule has 10 nitrogen and oxygen atoms in total. The average Bonchev–Trinajstić information content (AvgIpc) is 3.40. The van der Waals surface area contributed by atoms with Crippen LogP contribution >= 0.6 is 0 Å². The third-order valence-electron chi connectivity index (χ3n) is 7.86. The number of carbonyl (C=O) groups excluding carboxylic acids is 3. The Morgan fingerprint density at radius 1 is 0.978 bits per heavy atom. The van der Waals surface area contributed by atoms with Crippen molar-refractivity contribution in [2.24, 2.45) is 10.9 Å². The van der Waals surface area contributed by atoms with Crippen LogP contribution in [-0.2, 0) is 35.6 Å². The molecule has 0 radical (unpaired) electrons. The molecular weight excluding hydrogens is 604 g/mol. The molecule has 0 saturated heterocycles. The highest BCUT2D eigenvalue weighted by Gasteiger charge is 2.57. The zero-order valence-corrected chi connectivity index (χ0v) is 27.3. The lowest BCUT2D eigenvalue weighted by Gasteiger charge is -2.49. The van der Waals surface area contributed by atoms with Crippen LogP contribution < -0.4 is 5.32 Å². The molecular formula is C35H38N4O6S. The number of amides is 2. The van der Waals surface area contributed by atoms with Crippen molar-refractivity contribution in [2.75, 3.05) is 6.61 Å². The van der Waals surface area contributed by atoms with E-state index in [9.17, 15) is 18.0 Å². The maximum Gasteiger partial charge on any atom is 0.264 e. The van der Waals surface area contributed by atoms with Crippen LogP contribution in [0.5, 0.6) is 0 Å². The van der Waals surface area contributed by atoms with Gasteiger partial charge in [0.25, 0.3) is 27.6 Å². The minimum Gasteiger partial charge on any atom is -0.473 e. The Morgan fingerprint density at radius 3 is 2.07 bits per heavy atom. The summed E-state index contributed by atoms with van der Waals surface area (Å²) in [4.78, 5) is 48.9. The monoisotopic (exact) mass is 642 g/mol. The van der Waals surface area contributed by atoms with E-state index in [1.807, 2.05) is 19.9 Å². The number of aliphatic imine (C=N–C) groups is 1. The first kappa shape index (κ1) is 32.6. The standard InChI is InChI=1S/C35H38N4O6S/c1-24(2)30-33(42)39(29(27-17-11-7-12-18-27)22-38(30)46(43,44)28-19-13-8-14-20-28)35(36-25(3)40,21-26-15-9-6-10-16-26)31(41)32-37-34(4,5)23-45-32/h6-20,22,24,30H,21,23H2,1-5H3,(H,36,40)/t30?,35-/m0/s1. The van der Waals surface area contributed by atoms with Gasteiger partial charge in [0.1, 0.15) is 12.6 Å². The van der Waals surface area contributed by atoms with E-state index in [4.69, 9.17) is 4.74 Å². The largest absolute Gasteiger partial charge is 0.473 e. The van der Waals surface area contributed by atoms with E-state index in [-0.39, 0.29) is 29.5 Å². The average molecular weight is 643 g/mol. The summed E-state index contributed by atoms with van der Waals surface area (Å²) in [7, 11) is -4.24. The highest BCUT2D eigenvalue weighted by atomic mass is 32.2. The molecule has 2 amide bonds. The van der Waals surface area contributed by atoms with Gasteiger partial charge in [0, 0.05) is 19.5 Å². The Kier molecular flexibility index (Phi) is 8.90. The summed E-state index contributed by atoms with van der Waals surface area (Å²) < 4.78 is 35.3. The second-order valence-corrected chi connectivity index (χ2v) is 14.3. The molecule has 2 aliphatic heterocycles. The summed E-state index contributed by atoms with van der Waals surface area (Å²) in [6.45, 7) is 8.49. The number of sulfonamides is 1. The van der Waals surface area contributed by atoms with Crippen molar-refractivity contribution in [3.63, 3.8) is 0 Å². The minimum absolute atomic E-state index is 0.00925. The molecule has 1 N–H and O–H groups in total. The van der Waals surface area contributed by atoms with Gasteiger partial charge in [-0.15, -0.1) is 0 Å². The van der Waals surface area contributed by atoms with Crippen molar-refractivity contribution in [1.29, 1.82) is 0 Å². The van der Waals surface area contributed by atoms with Crippen molar-refractivity contribution < 1.29 is 27.5 Å². The molecule has 2 heterocycles. The number of carbonyl (C=O) groups is 3. The van der Waals surface area contributed by atoms with Gasteiger partial charge in [0.2, 0.25) is 5.91 Å². The lowest BCUT2D eigenvalue weighted by Crippen LogP contribution is -2.72. The fourth-order valence-corrected chi connectivity index (χ4v) is 7.43. The van der Waals surface area contributed by atoms with Crippen LogP contribution in [0.15, 0.2) is 107 Å². The Bertz CT molecular complexity index is 1790. The SMILES string of the molecule is CC(=O)N[C@](Cc1ccccc1)(C(=O)C1=NC(C)(C)CO1)N1C(=O)C(C(C)C)N(S(=O)(=O)c2ccccc2)C=C1c1ccccc1. The molecule has 240 valence electrons. The fraction of sp³-hybridized carbons (Fsp3) is 0.314. The highest BCUT2D eigenvalue weighted by Crippen LogP contribution is 2.39. The summed E-state index contributed by atoms with van der Waals surface area (Å²) in [6, 6.07) is 24.3. The number of hydrogen-bond acceptors (Lipinski definition) is 7. The van der Waals surface area contributed by atoms with Gasteiger partial charge in [-0.3, -0.25) is 23.6 Å². The molecule has 1 unspecified atom stereocenters. The molecule has 0 aliphatic carbocycles. The number of Topliss-reactive ketones (excluding diaryl/α,β-unsaturated/α-hetero) is 1. The van der Waals surface area contributed by atoms with E-state index in [0.29, 0.717) is 11.1 Å². The second kappa shape index (κ2) is 12.6. The number of ether oxygens (including phenoxy) is 1. The normalized spacial score (nSPS) is 19.2. The summed E-state index contributed by atoms with van der Waals surface area (Å²) in [5, 5.41) is 2.84. The second-order valence-electron chi connectivity index (χ2n) is 12.4. The fourth-order valence-electron chi connectivity index (χ4n) is 5.81. The number of benzene rings is 3. The van der Waals surface area contributed by atoms with E-state index >= 15 is 4.79 Å². The number of rotatable bonds is 10. The van der Waals surface area contributed by atoms with Crippen LogP contribution in [0.3, 0.4) is 0 Å². The van der Waals surface area contributed by atoms with Crippen molar-refractivity contribution >= 4 is 39.2 Å². The van der Waals surface area contributed by atoms with Gasteiger partial charge in [-0.25, -0.2) is 13.4 Å². The number of nitrogens with one attached hydrogen (secondary N) is 1. The summed E-state index contributed by atoms with van der Waals surface area (Å²) in [5.41, 5.74) is -1.59. The topological polar surface area (TPSA) is 125 Å². The number of hydrogen-bond donors (Lipinski definition) is 1. The summed E-state index contributed by atoms with van der Waals surface area (Å²) >= 11 is 0. The van der Waals surface area contributed by atoms with E-state index in [2.05, 4.69) is 10.3 Å². The number of ketones is 1. The Hall–Kier alpha value is -4.77. The maximum atomic E-state index is 15.1. The van der Waals surface area contributed by atoms with Crippen molar-refractivity contribution in [1.82, 2.24) is 14.5 Å². The van der Waals surface area contributed by atoms with Crippen molar-refractivity contribution in [3.05, 3.63) is 108 Å². The van der Waals surface area contributed by atoms with Crippen LogP contribution in [0.2, 0.25) is 0 Å². The van der Waals surface area contributed by atoms with Crippen LogP contribution in [0.4, 0.5) is 0 Å². The molecule has 0 spiro atoms. The Labute approximate surface area is 269 Å². The predicted molar refractivity (Wildman–Crippen MR) is 175 cm³/mol. The molecule has 0 saturated carbocycles. The van der Waals surface area contributed by atoms with Gasteiger partial charge in [0.15, 0.2) is 5.66 Å². The third-order valence-corrected chi connectivity index (χ3v) is 9.62. The van der Waals surface area contributed by atoms with E-state index < -0.39 is 50.8 Å². The Balaban J connectivity index is 1.84. The van der Waals surface area contributed by atoms with Crippen LogP contribution in [-0.4, -0.2) is 65.0 Å². The quantitative estimate of drug-likeness (QED) is 0.350. The first-order valence-corrected chi connectivity index (χ1v) is 16.5. The molecule has 2 atom stereocenters. The van der Waals surface area contributed by atoms with Crippen LogP contribution in [0.1, 0.15) is 45.7 Å². The van der Waals surface area contributed by atoms with Crippen molar-refractivity contribution in [2.45, 2.75) is 63.2 Å². The van der Waals surface area contributed by atoms with Gasteiger partial charge in [-0.1, -0.05) is 92.7 Å². The zero-order valence-electron chi connectivity index (χ0n) is 26.5. The molecule has 0 fully saturated rings. The number of nitrogens with zero attached hydrogens (tertiary/aromatic N) is 3. The Morgan fingerprint density at radius 2 is 1.54 bits per heavy atom. The third kappa shape index (κ3) is 6.19. The van der Waals surface area contributed by atoms with Crippen molar-refractivity contribution in [3.8, 4) is 0 Å². The molecule has 2 aliphatic rings. The summed E-state index contributed by atoms with van der Waals surface area (Å²) in [5.74, 6) is -2.76. The first-order valence-electron chi connectivity index (χ1n) is 15.1. The van der Waals surface area contributed by atoms with E-state index in [0.717, 1.165) is 4.31 Å². The summed E-state index contributed by atoms with van der Waals surface area (Å²) in [6.07, 6.45) is 1.24. The lowest BCUT2D eigenvalue weighted by atomic mass is 9.88. The highest BCUT2D eigenvalue weighted by molar-refractivity contribution is 7.89. The van der Waals surface area contributed by atoms with Gasteiger partial charge < -0.3 is 10.1 Å². The first-order chi connectivity index (χ1) is 21.8. The maximum absolute atomic E-state index is 15.1. The molecule has 0 aromatic heterocycles. The van der Waals surface area contributed by atoms with E-state index in [1.165, 1.54) is 30.2 Å². The molecule has 46 heavy (non-hydrogen) atoms. The lowest BCUT2D eigenvalue weighted by molar-refractivity contribution is -0.148. The van der Waals surface area contributed by atoms with Crippen LogP contribution in [0, 0.1) is 5.92 Å². The molecule has 3 aromatic rings. The minimum atomic E-state index is -4.24. The van der Waals surface area contributed by atoms with Gasteiger partial charge in [-0.2, -0.15) is 0 Å². The van der Waals surface area contributed by atoms with Gasteiger partial charge >= 0.3 is 0 Å².